The summed E-state index contributed by atoms with van der Waals surface area (Å²) < 4.78 is 15.1. The molecule has 1 heterocycles. The van der Waals surface area contributed by atoms with Gasteiger partial charge in [0.1, 0.15) is 5.82 Å². The Morgan fingerprint density at radius 1 is 1.19 bits per heavy atom. The van der Waals surface area contributed by atoms with Crippen molar-refractivity contribution < 1.29 is 14.3 Å². The third-order valence-corrected chi connectivity index (χ3v) is 4.34. The van der Waals surface area contributed by atoms with Crippen LogP contribution in [0.15, 0.2) is 54.6 Å². The van der Waals surface area contributed by atoms with Gasteiger partial charge in [0.2, 0.25) is 0 Å². The standard InChI is InChI=1S/C21H22FN3O2/c1-14-10-15(2)25(24-14)13-16-6-8-17(9-7-16)21(27)23-12-20(26)18-4-3-5-19(22)11-18/h3-11,20,26H,12-13H2,1-2H3,(H,23,27)/t20-/m1/s1. The molecule has 0 bridgehead atoms. The number of aromatic nitrogens is 2. The number of nitrogens with zero attached hydrogens (tertiary/aromatic N) is 2. The van der Waals surface area contributed by atoms with Crippen molar-refractivity contribution in [3.63, 3.8) is 0 Å². The first-order valence-electron chi connectivity index (χ1n) is 8.74. The first kappa shape index (κ1) is 18.8. The lowest BCUT2D eigenvalue weighted by Gasteiger charge is -2.12. The van der Waals surface area contributed by atoms with Crippen molar-refractivity contribution in [3.8, 4) is 0 Å². The molecule has 0 aliphatic rings. The average molecular weight is 367 g/mol. The lowest BCUT2D eigenvalue weighted by Crippen LogP contribution is -2.28. The van der Waals surface area contributed by atoms with Crippen LogP contribution < -0.4 is 5.32 Å². The zero-order valence-electron chi connectivity index (χ0n) is 15.3. The van der Waals surface area contributed by atoms with Crippen LogP contribution in [0.1, 0.15) is 39.0 Å². The van der Waals surface area contributed by atoms with Gasteiger partial charge < -0.3 is 10.4 Å². The molecule has 0 saturated carbocycles. The molecule has 1 aromatic heterocycles. The van der Waals surface area contributed by atoms with Crippen molar-refractivity contribution >= 4 is 5.91 Å². The van der Waals surface area contributed by atoms with Crippen LogP contribution in [-0.4, -0.2) is 27.3 Å². The summed E-state index contributed by atoms with van der Waals surface area (Å²) in [6, 6.07) is 15.0. The fraction of sp³-hybridized carbons (Fsp3) is 0.238. The number of nitrogens with one attached hydrogen (secondary N) is 1. The number of hydrogen-bond donors (Lipinski definition) is 2. The molecule has 27 heavy (non-hydrogen) atoms. The molecule has 3 rings (SSSR count). The molecule has 0 unspecified atom stereocenters. The number of benzene rings is 2. The molecule has 1 amide bonds. The number of amides is 1. The Bertz CT molecular complexity index is 935. The van der Waals surface area contributed by atoms with Crippen LogP contribution in [0.2, 0.25) is 0 Å². The van der Waals surface area contributed by atoms with E-state index in [0.717, 1.165) is 17.0 Å². The van der Waals surface area contributed by atoms with Gasteiger partial charge in [-0.3, -0.25) is 9.48 Å². The maximum Gasteiger partial charge on any atom is 0.251 e. The van der Waals surface area contributed by atoms with Gasteiger partial charge in [-0.25, -0.2) is 4.39 Å². The molecule has 5 nitrogen and oxygen atoms in total. The second kappa shape index (κ2) is 8.14. The molecule has 2 aromatic carbocycles. The summed E-state index contributed by atoms with van der Waals surface area (Å²) >= 11 is 0. The van der Waals surface area contributed by atoms with Gasteiger partial charge in [-0.05, 0) is 55.3 Å². The molecule has 6 heteroatoms. The minimum Gasteiger partial charge on any atom is -0.387 e. The Labute approximate surface area is 157 Å². The Balaban J connectivity index is 1.58. The number of rotatable bonds is 6. The number of carbonyl (C=O) groups is 1. The first-order chi connectivity index (χ1) is 12.9. The van der Waals surface area contributed by atoms with Crippen molar-refractivity contribution in [2.45, 2.75) is 26.5 Å². The zero-order valence-corrected chi connectivity index (χ0v) is 15.3. The van der Waals surface area contributed by atoms with Gasteiger partial charge in [0.05, 0.1) is 18.3 Å². The molecule has 3 aromatic rings. The Morgan fingerprint density at radius 2 is 1.93 bits per heavy atom. The fourth-order valence-corrected chi connectivity index (χ4v) is 2.89. The summed E-state index contributed by atoms with van der Waals surface area (Å²) in [5.41, 5.74) is 4.02. The predicted octanol–water partition coefficient (Wildman–Crippen LogP) is 3.15. The van der Waals surface area contributed by atoms with E-state index >= 15 is 0 Å². The van der Waals surface area contributed by atoms with Crippen LogP contribution in [0.25, 0.3) is 0 Å². The predicted molar refractivity (Wildman–Crippen MR) is 101 cm³/mol. The quantitative estimate of drug-likeness (QED) is 0.703. The SMILES string of the molecule is Cc1cc(C)n(Cc2ccc(C(=O)NC[C@@H](O)c3cccc(F)c3)cc2)n1. The van der Waals surface area contributed by atoms with E-state index in [1.807, 2.05) is 36.7 Å². The maximum atomic E-state index is 13.2. The Morgan fingerprint density at radius 3 is 2.56 bits per heavy atom. The largest absolute Gasteiger partial charge is 0.387 e. The van der Waals surface area contributed by atoms with Gasteiger partial charge in [-0.15, -0.1) is 0 Å². The van der Waals surface area contributed by atoms with E-state index in [2.05, 4.69) is 10.4 Å². The van der Waals surface area contributed by atoms with E-state index < -0.39 is 11.9 Å². The molecule has 0 aliphatic carbocycles. The van der Waals surface area contributed by atoms with E-state index in [4.69, 9.17) is 0 Å². The van der Waals surface area contributed by atoms with Crippen LogP contribution in [-0.2, 0) is 6.54 Å². The smallest absolute Gasteiger partial charge is 0.251 e. The molecular weight excluding hydrogens is 345 g/mol. The lowest BCUT2D eigenvalue weighted by molar-refractivity contribution is 0.0916. The number of aryl methyl sites for hydroxylation is 2. The molecule has 0 aliphatic heterocycles. The van der Waals surface area contributed by atoms with Crippen LogP contribution in [0.5, 0.6) is 0 Å². The van der Waals surface area contributed by atoms with E-state index in [-0.39, 0.29) is 12.5 Å². The van der Waals surface area contributed by atoms with Gasteiger partial charge in [0.25, 0.3) is 5.91 Å². The average Bonchev–Trinajstić information content (AvgIpc) is 2.97. The van der Waals surface area contributed by atoms with Gasteiger partial charge in [-0.2, -0.15) is 5.10 Å². The summed E-state index contributed by atoms with van der Waals surface area (Å²) in [6.07, 6.45) is -0.963. The molecule has 1 atom stereocenters. The third kappa shape index (κ3) is 4.80. The van der Waals surface area contributed by atoms with Gasteiger partial charge in [-0.1, -0.05) is 24.3 Å². The monoisotopic (exact) mass is 367 g/mol. The van der Waals surface area contributed by atoms with Crippen LogP contribution in [0, 0.1) is 19.7 Å². The fourth-order valence-electron chi connectivity index (χ4n) is 2.89. The van der Waals surface area contributed by atoms with Gasteiger partial charge >= 0.3 is 0 Å². The molecule has 0 saturated heterocycles. The molecular formula is C21H22FN3O2. The Kier molecular flexibility index (Phi) is 5.66. The van der Waals surface area contributed by atoms with Crippen molar-refractivity contribution in [1.29, 1.82) is 0 Å². The molecule has 140 valence electrons. The summed E-state index contributed by atoms with van der Waals surface area (Å²) in [4.78, 5) is 12.3. The highest BCUT2D eigenvalue weighted by atomic mass is 19.1. The minimum atomic E-state index is -0.963. The molecule has 2 N–H and O–H groups in total. The molecule has 0 fully saturated rings. The minimum absolute atomic E-state index is 0.00972. The van der Waals surface area contributed by atoms with E-state index in [9.17, 15) is 14.3 Å². The molecule has 0 radical (unpaired) electrons. The number of hydrogen-bond acceptors (Lipinski definition) is 3. The molecule has 0 spiro atoms. The number of carbonyl (C=O) groups excluding carboxylic acids is 1. The summed E-state index contributed by atoms with van der Waals surface area (Å²) in [7, 11) is 0. The highest BCUT2D eigenvalue weighted by Crippen LogP contribution is 2.14. The van der Waals surface area contributed by atoms with Crippen molar-refractivity contribution in [1.82, 2.24) is 15.1 Å². The highest BCUT2D eigenvalue weighted by molar-refractivity contribution is 5.94. The zero-order chi connectivity index (χ0) is 19.4. The lowest BCUT2D eigenvalue weighted by atomic mass is 10.1. The maximum absolute atomic E-state index is 13.2. The normalized spacial score (nSPS) is 12.0. The third-order valence-electron chi connectivity index (χ3n) is 4.34. The van der Waals surface area contributed by atoms with Crippen molar-refractivity contribution in [2.24, 2.45) is 0 Å². The number of aliphatic hydroxyl groups excluding tert-OH is 1. The van der Waals surface area contributed by atoms with Gasteiger partial charge in [0.15, 0.2) is 0 Å². The van der Waals surface area contributed by atoms with E-state index in [1.54, 1.807) is 18.2 Å². The first-order valence-corrected chi connectivity index (χ1v) is 8.74. The van der Waals surface area contributed by atoms with Crippen molar-refractivity contribution in [2.75, 3.05) is 6.54 Å². The summed E-state index contributed by atoms with van der Waals surface area (Å²) in [5.74, 6) is -0.709. The number of aliphatic hydroxyl groups is 1. The van der Waals surface area contributed by atoms with Gasteiger partial charge in [0, 0.05) is 17.8 Å². The highest BCUT2D eigenvalue weighted by Gasteiger charge is 2.12. The van der Waals surface area contributed by atoms with Crippen LogP contribution in [0.3, 0.4) is 0 Å². The van der Waals surface area contributed by atoms with Crippen LogP contribution in [0.4, 0.5) is 4.39 Å². The van der Waals surface area contributed by atoms with Crippen LogP contribution >= 0.6 is 0 Å². The van der Waals surface area contributed by atoms with E-state index in [0.29, 0.717) is 17.7 Å². The summed E-state index contributed by atoms with van der Waals surface area (Å²) in [6.45, 7) is 4.61. The number of halogens is 1. The Hall–Kier alpha value is -2.99. The summed E-state index contributed by atoms with van der Waals surface area (Å²) in [5, 5.41) is 17.2. The second-order valence-corrected chi connectivity index (χ2v) is 6.56. The topological polar surface area (TPSA) is 67.2 Å². The van der Waals surface area contributed by atoms with Crippen molar-refractivity contribution in [3.05, 3.63) is 88.5 Å². The van der Waals surface area contributed by atoms with E-state index in [1.165, 1.54) is 18.2 Å². The second-order valence-electron chi connectivity index (χ2n) is 6.56.